The van der Waals surface area contributed by atoms with Gasteiger partial charge in [-0.05, 0) is 23.8 Å². The Balaban J connectivity index is 2.17. The van der Waals surface area contributed by atoms with Crippen molar-refractivity contribution in [3.63, 3.8) is 0 Å². The van der Waals surface area contributed by atoms with Crippen LogP contribution < -0.4 is 5.32 Å². The molecule has 0 aromatic carbocycles. The van der Waals surface area contributed by atoms with Gasteiger partial charge in [0.2, 0.25) is 0 Å². The normalized spacial score (nSPS) is 11.5. The van der Waals surface area contributed by atoms with Crippen LogP contribution in [-0.2, 0) is 10.2 Å². The van der Waals surface area contributed by atoms with Crippen molar-refractivity contribution in [3.8, 4) is 0 Å². The molecule has 0 fully saturated rings. The average Bonchev–Trinajstić information content (AvgIpc) is 2.55. The third kappa shape index (κ3) is 4.12. The number of aliphatic imine (C=N–C) groups is 1. The van der Waals surface area contributed by atoms with Gasteiger partial charge in [-0.25, -0.2) is 14.8 Å². The van der Waals surface area contributed by atoms with Crippen LogP contribution in [0.3, 0.4) is 0 Å². The highest BCUT2D eigenvalue weighted by molar-refractivity contribution is 5.90. The van der Waals surface area contributed by atoms with E-state index in [0.717, 1.165) is 5.56 Å². The molecule has 0 unspecified atom stereocenters. The van der Waals surface area contributed by atoms with E-state index in [2.05, 4.69) is 34.1 Å². The Morgan fingerprint density at radius 3 is 2.65 bits per heavy atom. The zero-order valence-electron chi connectivity index (χ0n) is 13.7. The Kier molecular flexibility index (Phi) is 5.05. The van der Waals surface area contributed by atoms with E-state index < -0.39 is 5.97 Å². The lowest BCUT2D eigenvalue weighted by Crippen LogP contribution is -2.19. The highest BCUT2D eigenvalue weighted by atomic mass is 16.5. The average molecular weight is 312 g/mol. The van der Waals surface area contributed by atoms with E-state index in [9.17, 15) is 4.79 Å². The van der Waals surface area contributed by atoms with Crippen molar-refractivity contribution in [3.05, 3.63) is 47.8 Å². The number of carbonyl (C=O) groups excluding carboxylic acids is 1. The van der Waals surface area contributed by atoms with Gasteiger partial charge in [-0.1, -0.05) is 19.9 Å². The summed E-state index contributed by atoms with van der Waals surface area (Å²) in [6, 6.07) is 7.07. The number of ether oxygens (including phenoxy) is 1. The zero-order valence-corrected chi connectivity index (χ0v) is 13.7. The number of esters is 1. The van der Waals surface area contributed by atoms with Gasteiger partial charge in [0.15, 0.2) is 0 Å². The highest BCUT2D eigenvalue weighted by Gasteiger charge is 2.18. The maximum absolute atomic E-state index is 11.5. The van der Waals surface area contributed by atoms with E-state index in [1.54, 1.807) is 31.6 Å². The summed E-state index contributed by atoms with van der Waals surface area (Å²) in [4.78, 5) is 24.2. The van der Waals surface area contributed by atoms with Gasteiger partial charge in [-0.2, -0.15) is 0 Å². The molecule has 2 aromatic rings. The van der Waals surface area contributed by atoms with Crippen LogP contribution >= 0.6 is 0 Å². The van der Waals surface area contributed by atoms with Crippen molar-refractivity contribution in [2.45, 2.75) is 19.3 Å². The first-order valence-corrected chi connectivity index (χ1v) is 7.17. The third-order valence-corrected chi connectivity index (χ3v) is 3.40. The van der Waals surface area contributed by atoms with Gasteiger partial charge in [0.25, 0.3) is 0 Å². The molecule has 6 heteroatoms. The minimum atomic E-state index is -0.403. The largest absolute Gasteiger partial charge is 0.465 e. The first kappa shape index (κ1) is 16.6. The Morgan fingerprint density at radius 2 is 2.04 bits per heavy atom. The molecule has 23 heavy (non-hydrogen) atoms. The second kappa shape index (κ2) is 7.00. The maximum Gasteiger partial charge on any atom is 0.338 e. The first-order chi connectivity index (χ1) is 11.0. The van der Waals surface area contributed by atoms with E-state index in [0.29, 0.717) is 17.2 Å². The van der Waals surface area contributed by atoms with E-state index in [1.807, 2.05) is 18.3 Å². The molecule has 2 heterocycles. The van der Waals surface area contributed by atoms with Crippen molar-refractivity contribution >= 4 is 23.8 Å². The Hall–Kier alpha value is -2.76. The predicted molar refractivity (Wildman–Crippen MR) is 90.5 cm³/mol. The van der Waals surface area contributed by atoms with Crippen molar-refractivity contribution in [1.29, 1.82) is 0 Å². The van der Waals surface area contributed by atoms with Crippen LogP contribution in [0, 0.1) is 0 Å². The molecule has 0 aliphatic carbocycles. The molecule has 0 saturated heterocycles. The molecule has 0 radical (unpaired) electrons. The Labute approximate surface area is 135 Å². The van der Waals surface area contributed by atoms with E-state index >= 15 is 0 Å². The van der Waals surface area contributed by atoms with E-state index in [-0.39, 0.29) is 5.41 Å². The molecule has 2 aromatic heterocycles. The van der Waals surface area contributed by atoms with E-state index in [4.69, 9.17) is 4.74 Å². The molecule has 120 valence electrons. The summed E-state index contributed by atoms with van der Waals surface area (Å²) in [5, 5.41) is 3.07. The van der Waals surface area contributed by atoms with Crippen molar-refractivity contribution in [1.82, 2.24) is 9.97 Å². The SMILES string of the molecule is C/N=C/C(C)(C)c1ccc(Nc2cc(C(=O)OC)ccn2)nc1. The molecule has 0 amide bonds. The van der Waals surface area contributed by atoms with Gasteiger partial charge in [0.05, 0.1) is 12.7 Å². The summed E-state index contributed by atoms with van der Waals surface area (Å²) in [6.07, 6.45) is 5.23. The molecular formula is C17H20N4O2. The number of carbonyl (C=O) groups is 1. The van der Waals surface area contributed by atoms with Crippen molar-refractivity contribution in [2.24, 2.45) is 4.99 Å². The zero-order chi connectivity index (χ0) is 16.9. The molecule has 2 rings (SSSR count). The Bertz CT molecular complexity index is 709. The molecule has 6 nitrogen and oxygen atoms in total. The van der Waals surface area contributed by atoms with Gasteiger partial charge in [-0.3, -0.25) is 4.99 Å². The summed E-state index contributed by atoms with van der Waals surface area (Å²) in [6.45, 7) is 4.15. The third-order valence-electron chi connectivity index (χ3n) is 3.40. The fourth-order valence-electron chi connectivity index (χ4n) is 2.12. The highest BCUT2D eigenvalue weighted by Crippen LogP contribution is 2.22. The first-order valence-electron chi connectivity index (χ1n) is 7.17. The van der Waals surface area contributed by atoms with Gasteiger partial charge >= 0.3 is 5.97 Å². The minimum Gasteiger partial charge on any atom is -0.465 e. The molecule has 0 aliphatic heterocycles. The second-order valence-corrected chi connectivity index (χ2v) is 5.59. The number of anilines is 2. The fourth-order valence-corrected chi connectivity index (χ4v) is 2.12. The predicted octanol–water partition coefficient (Wildman–Crippen LogP) is 2.99. The molecule has 0 saturated carbocycles. The van der Waals surface area contributed by atoms with E-state index in [1.165, 1.54) is 7.11 Å². The fraction of sp³-hybridized carbons (Fsp3) is 0.294. The number of hydrogen-bond donors (Lipinski definition) is 1. The molecule has 1 N–H and O–H groups in total. The van der Waals surface area contributed by atoms with Crippen LogP contribution in [0.25, 0.3) is 0 Å². The molecule has 0 aliphatic rings. The van der Waals surface area contributed by atoms with Crippen LogP contribution in [0.4, 0.5) is 11.6 Å². The van der Waals surface area contributed by atoms with Crippen LogP contribution in [0.15, 0.2) is 41.7 Å². The lowest BCUT2D eigenvalue weighted by molar-refractivity contribution is 0.0600. The molecular weight excluding hydrogens is 292 g/mol. The smallest absolute Gasteiger partial charge is 0.338 e. The molecule has 0 atom stereocenters. The number of aromatic nitrogens is 2. The van der Waals surface area contributed by atoms with Crippen molar-refractivity contribution in [2.75, 3.05) is 19.5 Å². The number of methoxy groups -OCH3 is 1. The monoisotopic (exact) mass is 312 g/mol. The van der Waals surface area contributed by atoms with Crippen molar-refractivity contribution < 1.29 is 9.53 Å². The number of hydrogen-bond acceptors (Lipinski definition) is 6. The number of nitrogens with zero attached hydrogens (tertiary/aromatic N) is 3. The summed E-state index contributed by atoms with van der Waals surface area (Å²) >= 11 is 0. The van der Waals surface area contributed by atoms with Gasteiger partial charge in [0.1, 0.15) is 11.6 Å². The molecule has 0 spiro atoms. The topological polar surface area (TPSA) is 76.5 Å². The Morgan fingerprint density at radius 1 is 1.26 bits per heavy atom. The van der Waals surface area contributed by atoms with Crippen LogP contribution in [0.1, 0.15) is 29.8 Å². The summed E-state index contributed by atoms with van der Waals surface area (Å²) < 4.78 is 4.70. The summed E-state index contributed by atoms with van der Waals surface area (Å²) in [5.41, 5.74) is 1.32. The van der Waals surface area contributed by atoms with Gasteiger partial charge in [-0.15, -0.1) is 0 Å². The number of pyridine rings is 2. The summed E-state index contributed by atoms with van der Waals surface area (Å²) in [7, 11) is 3.10. The maximum atomic E-state index is 11.5. The molecule has 0 bridgehead atoms. The van der Waals surface area contributed by atoms with Gasteiger partial charge in [0, 0.05) is 31.1 Å². The lowest BCUT2D eigenvalue weighted by atomic mass is 9.87. The number of nitrogens with one attached hydrogen (secondary N) is 1. The number of rotatable bonds is 5. The van der Waals surface area contributed by atoms with Crippen LogP contribution in [0.5, 0.6) is 0 Å². The van der Waals surface area contributed by atoms with Crippen LogP contribution in [-0.4, -0.2) is 36.3 Å². The quantitative estimate of drug-likeness (QED) is 0.678. The standard InChI is InChI=1S/C17H20N4O2/c1-17(2,11-18-3)13-5-6-14(20-10-13)21-15-9-12(7-8-19-15)16(22)23-4/h5-11H,1-4H3,(H,19,20,21)/b18-11+. The second-order valence-electron chi connectivity index (χ2n) is 5.59. The lowest BCUT2D eigenvalue weighted by Gasteiger charge is -2.19. The van der Waals surface area contributed by atoms with Crippen LogP contribution in [0.2, 0.25) is 0 Å². The van der Waals surface area contributed by atoms with Gasteiger partial charge < -0.3 is 10.1 Å². The summed E-state index contributed by atoms with van der Waals surface area (Å²) in [5.74, 6) is 0.773. The minimum absolute atomic E-state index is 0.177.